The fraction of sp³-hybridized carbons (Fsp3) is 0.333. The summed E-state index contributed by atoms with van der Waals surface area (Å²) in [6.45, 7) is 1.23. The molecule has 2 rings (SSSR count). The highest BCUT2D eigenvalue weighted by molar-refractivity contribution is 7.89. The zero-order valence-electron chi connectivity index (χ0n) is 9.54. The molecule has 0 radical (unpaired) electrons. The molecule has 0 aliphatic carbocycles. The molecule has 0 saturated carbocycles. The Hall–Kier alpha value is -1.71. The number of sulfonamides is 1. The number of aromatic nitrogens is 3. The summed E-state index contributed by atoms with van der Waals surface area (Å²) in [5.41, 5.74) is 0.200. The third kappa shape index (κ3) is 2.58. The molecule has 0 aromatic carbocycles. The highest BCUT2D eigenvalue weighted by atomic mass is 32.2. The number of aliphatic hydroxyl groups is 1. The third-order valence-electron chi connectivity index (χ3n) is 2.20. The lowest BCUT2D eigenvalue weighted by atomic mass is 10.4. The van der Waals surface area contributed by atoms with Crippen molar-refractivity contribution in [2.75, 3.05) is 0 Å². The summed E-state index contributed by atoms with van der Waals surface area (Å²) in [5, 5.41) is 14.7. The van der Waals surface area contributed by atoms with Crippen LogP contribution in [0.5, 0.6) is 0 Å². The van der Waals surface area contributed by atoms with E-state index < -0.39 is 16.6 Å². The fourth-order valence-electron chi connectivity index (χ4n) is 1.36. The number of hydrogen-bond acceptors (Lipinski definition) is 6. The second-order valence-corrected chi connectivity index (χ2v) is 5.28. The van der Waals surface area contributed by atoms with Crippen molar-refractivity contribution < 1.29 is 17.9 Å². The van der Waals surface area contributed by atoms with Crippen molar-refractivity contribution in [2.24, 2.45) is 0 Å². The van der Waals surface area contributed by atoms with E-state index in [2.05, 4.69) is 19.9 Å². The molecule has 0 amide bonds. The summed E-state index contributed by atoms with van der Waals surface area (Å²) in [6, 6.07) is 0. The highest BCUT2D eigenvalue weighted by Crippen LogP contribution is 2.12. The zero-order valence-corrected chi connectivity index (χ0v) is 10.4. The molecule has 2 heterocycles. The minimum absolute atomic E-state index is 0.0694. The van der Waals surface area contributed by atoms with Gasteiger partial charge in [0.05, 0.1) is 25.5 Å². The number of aromatic amines is 1. The minimum atomic E-state index is -3.78. The van der Waals surface area contributed by atoms with Crippen LogP contribution < -0.4 is 4.72 Å². The summed E-state index contributed by atoms with van der Waals surface area (Å²) in [6.07, 6.45) is 2.75. The van der Waals surface area contributed by atoms with Gasteiger partial charge in [0.25, 0.3) is 10.0 Å². The quantitative estimate of drug-likeness (QED) is 0.685. The van der Waals surface area contributed by atoms with Crippen molar-refractivity contribution in [1.29, 1.82) is 0 Å². The van der Waals surface area contributed by atoms with Crippen molar-refractivity contribution in [2.45, 2.75) is 25.1 Å². The van der Waals surface area contributed by atoms with Gasteiger partial charge in [0.1, 0.15) is 5.76 Å². The molecule has 0 atom stereocenters. The maximum atomic E-state index is 11.9. The van der Waals surface area contributed by atoms with Gasteiger partial charge in [-0.1, -0.05) is 0 Å². The zero-order chi connectivity index (χ0) is 13.2. The first-order valence-electron chi connectivity index (χ1n) is 5.07. The molecule has 0 aliphatic rings. The number of nitrogens with zero attached hydrogens (tertiary/aromatic N) is 2. The Morgan fingerprint density at radius 2 is 2.28 bits per heavy atom. The molecular weight excluding hydrogens is 260 g/mol. The molecule has 0 unspecified atom stereocenters. The lowest BCUT2D eigenvalue weighted by molar-refractivity contribution is 0.278. The van der Waals surface area contributed by atoms with Gasteiger partial charge in [0.15, 0.2) is 5.03 Å². The van der Waals surface area contributed by atoms with Crippen LogP contribution >= 0.6 is 0 Å². The molecule has 0 aliphatic heterocycles. The molecule has 2 aromatic heterocycles. The molecule has 2 aromatic rings. The van der Waals surface area contributed by atoms with E-state index in [0.29, 0.717) is 5.76 Å². The average molecular weight is 272 g/mol. The van der Waals surface area contributed by atoms with Gasteiger partial charge in [-0.15, -0.1) is 0 Å². The lowest BCUT2D eigenvalue weighted by Gasteiger charge is -2.03. The highest BCUT2D eigenvalue weighted by Gasteiger charge is 2.20. The Bertz CT molecular complexity index is 631. The standard InChI is InChI=1S/C9H12N4O4S/c1-6-2-10-8(17-6)4-12-18(15,16)9-7(5-14)3-11-13-9/h2-3,12,14H,4-5H2,1H3,(H,11,13). The maximum absolute atomic E-state index is 11.9. The van der Waals surface area contributed by atoms with Gasteiger partial charge >= 0.3 is 0 Å². The van der Waals surface area contributed by atoms with Gasteiger partial charge in [-0.3, -0.25) is 5.10 Å². The molecule has 0 bridgehead atoms. The molecule has 3 N–H and O–H groups in total. The smallest absolute Gasteiger partial charge is 0.258 e. The van der Waals surface area contributed by atoms with E-state index in [4.69, 9.17) is 9.52 Å². The topological polar surface area (TPSA) is 121 Å². The first-order valence-corrected chi connectivity index (χ1v) is 6.55. The first-order chi connectivity index (χ1) is 8.53. The summed E-state index contributed by atoms with van der Waals surface area (Å²) >= 11 is 0. The minimum Gasteiger partial charge on any atom is -0.445 e. The van der Waals surface area contributed by atoms with Crippen molar-refractivity contribution in [3.8, 4) is 0 Å². The normalized spacial score (nSPS) is 11.9. The van der Waals surface area contributed by atoms with Crippen molar-refractivity contribution >= 4 is 10.0 Å². The lowest BCUT2D eigenvalue weighted by Crippen LogP contribution is -2.24. The molecule has 8 nitrogen and oxygen atoms in total. The van der Waals surface area contributed by atoms with E-state index in [1.54, 1.807) is 6.92 Å². The largest absolute Gasteiger partial charge is 0.445 e. The summed E-state index contributed by atoms with van der Waals surface area (Å²) in [4.78, 5) is 3.87. The van der Waals surface area contributed by atoms with Crippen LogP contribution in [0.2, 0.25) is 0 Å². The monoisotopic (exact) mass is 272 g/mol. The molecule has 0 saturated heterocycles. The number of aliphatic hydroxyl groups excluding tert-OH is 1. The number of hydrogen-bond donors (Lipinski definition) is 3. The van der Waals surface area contributed by atoms with E-state index >= 15 is 0 Å². The fourth-order valence-corrected chi connectivity index (χ4v) is 2.45. The molecular formula is C9H12N4O4S. The van der Waals surface area contributed by atoms with Gasteiger partial charge in [0, 0.05) is 5.56 Å². The van der Waals surface area contributed by atoms with Crippen LogP contribution in [0.3, 0.4) is 0 Å². The van der Waals surface area contributed by atoms with Gasteiger partial charge in [0.2, 0.25) is 5.89 Å². The van der Waals surface area contributed by atoms with Crippen LogP contribution in [0.4, 0.5) is 0 Å². The van der Waals surface area contributed by atoms with Gasteiger partial charge in [-0.25, -0.2) is 18.1 Å². The molecule has 0 spiro atoms. The van der Waals surface area contributed by atoms with Crippen molar-refractivity contribution in [3.05, 3.63) is 29.6 Å². The van der Waals surface area contributed by atoms with E-state index in [-0.39, 0.29) is 23.0 Å². The summed E-state index contributed by atoms with van der Waals surface area (Å²) < 4.78 is 31.2. The summed E-state index contributed by atoms with van der Waals surface area (Å²) in [5.74, 6) is 0.864. The Balaban J connectivity index is 2.13. The summed E-state index contributed by atoms with van der Waals surface area (Å²) in [7, 11) is -3.78. The van der Waals surface area contributed by atoms with Crippen LogP contribution in [-0.4, -0.2) is 28.7 Å². The molecule has 18 heavy (non-hydrogen) atoms. The number of aryl methyl sites for hydroxylation is 1. The molecule has 0 fully saturated rings. The van der Waals surface area contributed by atoms with Crippen molar-refractivity contribution in [1.82, 2.24) is 19.9 Å². The maximum Gasteiger partial charge on any atom is 0.258 e. The van der Waals surface area contributed by atoms with Crippen LogP contribution in [-0.2, 0) is 23.2 Å². The SMILES string of the molecule is Cc1cnc(CNS(=O)(=O)c2[nH]ncc2CO)o1. The van der Waals surface area contributed by atoms with Gasteiger partial charge in [-0.05, 0) is 6.92 Å². The van der Waals surface area contributed by atoms with Crippen LogP contribution in [0.15, 0.2) is 21.8 Å². The van der Waals surface area contributed by atoms with Crippen molar-refractivity contribution in [3.63, 3.8) is 0 Å². The number of oxazole rings is 1. The average Bonchev–Trinajstić information content (AvgIpc) is 2.95. The number of rotatable bonds is 5. The Labute approximate surface area is 103 Å². The molecule has 9 heteroatoms. The van der Waals surface area contributed by atoms with Crippen LogP contribution in [0.1, 0.15) is 17.2 Å². The Morgan fingerprint density at radius 3 is 2.89 bits per heavy atom. The predicted octanol–water partition coefficient (Wildman–Crippen LogP) is -0.323. The van der Waals surface area contributed by atoms with Crippen LogP contribution in [0, 0.1) is 6.92 Å². The van der Waals surface area contributed by atoms with E-state index in [1.807, 2.05) is 0 Å². The Kier molecular flexibility index (Phi) is 3.45. The van der Waals surface area contributed by atoms with Gasteiger partial charge in [-0.2, -0.15) is 5.10 Å². The van der Waals surface area contributed by atoms with Crippen LogP contribution in [0.25, 0.3) is 0 Å². The predicted molar refractivity (Wildman–Crippen MR) is 59.8 cm³/mol. The third-order valence-corrected chi connectivity index (χ3v) is 3.62. The van der Waals surface area contributed by atoms with E-state index in [0.717, 1.165) is 0 Å². The number of H-pyrrole nitrogens is 1. The van der Waals surface area contributed by atoms with E-state index in [9.17, 15) is 8.42 Å². The number of nitrogens with one attached hydrogen (secondary N) is 2. The Morgan fingerprint density at radius 1 is 1.50 bits per heavy atom. The molecule has 98 valence electrons. The first kappa shape index (κ1) is 12.7. The van der Waals surface area contributed by atoms with Gasteiger partial charge < -0.3 is 9.52 Å². The van der Waals surface area contributed by atoms with E-state index in [1.165, 1.54) is 12.4 Å². The second kappa shape index (κ2) is 4.88. The second-order valence-electron chi connectivity index (χ2n) is 3.57.